The minimum absolute atomic E-state index is 0.266. The zero-order valence-electron chi connectivity index (χ0n) is 10.1. The smallest absolute Gasteiger partial charge is 0.255 e. The van der Waals surface area contributed by atoms with Crippen LogP contribution in [-0.2, 0) is 0 Å². The third-order valence-corrected chi connectivity index (χ3v) is 2.95. The van der Waals surface area contributed by atoms with Crippen LogP contribution in [0.15, 0.2) is 41.3 Å². The molecule has 19 heavy (non-hydrogen) atoms. The van der Waals surface area contributed by atoms with Crippen molar-refractivity contribution < 1.29 is 13.6 Å². The molecular weight excluding hydrogens is 268 g/mol. The van der Waals surface area contributed by atoms with Crippen LogP contribution >= 0.6 is 12.6 Å². The zero-order chi connectivity index (χ0) is 14.0. The molecule has 0 unspecified atom stereocenters. The summed E-state index contributed by atoms with van der Waals surface area (Å²) in [6, 6.07) is 8.75. The van der Waals surface area contributed by atoms with E-state index < -0.39 is 23.2 Å². The molecule has 5 heteroatoms. The van der Waals surface area contributed by atoms with Gasteiger partial charge in [-0.2, -0.15) is 0 Å². The lowest BCUT2D eigenvalue weighted by molar-refractivity contribution is 0.102. The molecule has 2 aromatic rings. The number of nitrogens with one attached hydrogen (secondary N) is 1. The van der Waals surface area contributed by atoms with Crippen LogP contribution in [0.25, 0.3) is 0 Å². The fraction of sp³-hybridized carbons (Fsp3) is 0.0714. The Morgan fingerprint density at radius 2 is 1.74 bits per heavy atom. The Morgan fingerprint density at radius 1 is 1.11 bits per heavy atom. The second-order valence-corrected chi connectivity index (χ2v) is 4.57. The van der Waals surface area contributed by atoms with Crippen molar-refractivity contribution in [2.24, 2.45) is 0 Å². The summed E-state index contributed by atoms with van der Waals surface area (Å²) in [5.41, 5.74) is 0.139. The lowest BCUT2D eigenvalue weighted by atomic mass is 10.1. The summed E-state index contributed by atoms with van der Waals surface area (Å²) in [6.07, 6.45) is 0. The van der Waals surface area contributed by atoms with E-state index in [4.69, 9.17) is 0 Å². The highest BCUT2D eigenvalue weighted by atomic mass is 32.1. The number of hydrogen-bond acceptors (Lipinski definition) is 2. The van der Waals surface area contributed by atoms with Gasteiger partial charge in [0.25, 0.3) is 5.91 Å². The minimum Gasteiger partial charge on any atom is -0.317 e. The molecule has 0 saturated heterocycles. The second kappa shape index (κ2) is 5.40. The van der Waals surface area contributed by atoms with Gasteiger partial charge in [-0.1, -0.05) is 6.07 Å². The Labute approximate surface area is 114 Å². The Hall–Kier alpha value is -1.88. The van der Waals surface area contributed by atoms with Crippen molar-refractivity contribution in [2.75, 3.05) is 5.32 Å². The SMILES string of the molecule is Cc1ccc(F)c(NC(=O)c2ccc(S)cc2)c1F. The van der Waals surface area contributed by atoms with E-state index in [9.17, 15) is 13.6 Å². The van der Waals surface area contributed by atoms with Gasteiger partial charge >= 0.3 is 0 Å². The number of anilines is 1. The molecule has 0 aliphatic heterocycles. The van der Waals surface area contributed by atoms with Gasteiger partial charge in [-0.3, -0.25) is 4.79 Å². The van der Waals surface area contributed by atoms with Crippen molar-refractivity contribution in [1.29, 1.82) is 0 Å². The zero-order valence-corrected chi connectivity index (χ0v) is 11.0. The van der Waals surface area contributed by atoms with Gasteiger partial charge in [-0.05, 0) is 42.8 Å². The van der Waals surface area contributed by atoms with Crippen molar-refractivity contribution in [2.45, 2.75) is 11.8 Å². The van der Waals surface area contributed by atoms with Crippen LogP contribution in [0.1, 0.15) is 15.9 Å². The maximum absolute atomic E-state index is 13.7. The normalized spacial score (nSPS) is 10.3. The molecule has 1 amide bonds. The van der Waals surface area contributed by atoms with Crippen LogP contribution in [0, 0.1) is 18.6 Å². The van der Waals surface area contributed by atoms with E-state index >= 15 is 0 Å². The molecule has 0 aliphatic rings. The number of benzene rings is 2. The monoisotopic (exact) mass is 279 g/mol. The van der Waals surface area contributed by atoms with Gasteiger partial charge in [-0.25, -0.2) is 8.78 Å². The van der Waals surface area contributed by atoms with Crippen molar-refractivity contribution in [3.63, 3.8) is 0 Å². The van der Waals surface area contributed by atoms with Gasteiger partial charge in [-0.15, -0.1) is 12.6 Å². The van der Waals surface area contributed by atoms with Gasteiger partial charge < -0.3 is 5.32 Å². The molecule has 0 aromatic heterocycles. The van der Waals surface area contributed by atoms with Gasteiger partial charge in [0.05, 0.1) is 0 Å². The van der Waals surface area contributed by atoms with E-state index in [0.717, 1.165) is 6.07 Å². The first-order valence-corrected chi connectivity index (χ1v) is 5.98. The molecule has 0 radical (unpaired) electrons. The molecule has 2 aromatic carbocycles. The van der Waals surface area contributed by atoms with Crippen LogP contribution in [0.4, 0.5) is 14.5 Å². The van der Waals surface area contributed by atoms with Crippen LogP contribution in [0.5, 0.6) is 0 Å². The Morgan fingerprint density at radius 3 is 2.37 bits per heavy atom. The first-order valence-electron chi connectivity index (χ1n) is 5.54. The highest BCUT2D eigenvalue weighted by Crippen LogP contribution is 2.22. The summed E-state index contributed by atoms with van der Waals surface area (Å²) in [7, 11) is 0. The highest BCUT2D eigenvalue weighted by molar-refractivity contribution is 7.80. The predicted molar refractivity (Wildman–Crippen MR) is 72.7 cm³/mol. The van der Waals surface area contributed by atoms with Crippen LogP contribution < -0.4 is 5.32 Å². The van der Waals surface area contributed by atoms with Crippen molar-refractivity contribution in [3.8, 4) is 0 Å². The van der Waals surface area contributed by atoms with Gasteiger partial charge in [0.2, 0.25) is 0 Å². The third-order valence-electron chi connectivity index (χ3n) is 2.65. The van der Waals surface area contributed by atoms with Gasteiger partial charge in [0, 0.05) is 10.5 Å². The number of amides is 1. The largest absolute Gasteiger partial charge is 0.317 e. The van der Waals surface area contributed by atoms with Crippen LogP contribution in [-0.4, -0.2) is 5.91 Å². The fourth-order valence-corrected chi connectivity index (χ4v) is 1.72. The van der Waals surface area contributed by atoms with Crippen molar-refractivity contribution in [1.82, 2.24) is 0 Å². The summed E-state index contributed by atoms with van der Waals surface area (Å²) in [5, 5.41) is 2.24. The average Bonchev–Trinajstić information content (AvgIpc) is 2.40. The van der Waals surface area contributed by atoms with Gasteiger partial charge in [0.1, 0.15) is 11.5 Å². The summed E-state index contributed by atoms with van der Waals surface area (Å²) in [4.78, 5) is 12.6. The number of halogens is 2. The summed E-state index contributed by atoms with van der Waals surface area (Å²) < 4.78 is 27.2. The number of hydrogen-bond donors (Lipinski definition) is 2. The molecule has 0 spiro atoms. The quantitative estimate of drug-likeness (QED) is 0.804. The van der Waals surface area contributed by atoms with E-state index in [0.29, 0.717) is 10.5 Å². The first kappa shape index (κ1) is 13.5. The number of carbonyl (C=O) groups is 1. The lowest BCUT2D eigenvalue weighted by Crippen LogP contribution is -2.14. The molecule has 0 heterocycles. The van der Waals surface area contributed by atoms with Crippen LogP contribution in [0.2, 0.25) is 0 Å². The van der Waals surface area contributed by atoms with E-state index in [2.05, 4.69) is 17.9 Å². The molecule has 2 rings (SSSR count). The number of rotatable bonds is 2. The fourth-order valence-electron chi connectivity index (χ4n) is 1.57. The predicted octanol–water partition coefficient (Wildman–Crippen LogP) is 3.81. The van der Waals surface area contributed by atoms with Crippen molar-refractivity contribution >= 4 is 24.2 Å². The maximum Gasteiger partial charge on any atom is 0.255 e. The van der Waals surface area contributed by atoms with E-state index in [1.807, 2.05) is 0 Å². The standard InChI is InChI=1S/C14H11F2NOS/c1-8-2-7-11(15)13(12(8)16)17-14(18)9-3-5-10(19)6-4-9/h2-7,19H,1H3,(H,17,18). The van der Waals surface area contributed by atoms with E-state index in [1.165, 1.54) is 25.1 Å². The van der Waals surface area contributed by atoms with Crippen molar-refractivity contribution in [3.05, 3.63) is 59.2 Å². The van der Waals surface area contributed by atoms with Crippen LogP contribution in [0.3, 0.4) is 0 Å². The first-order chi connectivity index (χ1) is 8.99. The lowest BCUT2D eigenvalue weighted by Gasteiger charge is -2.09. The van der Waals surface area contributed by atoms with E-state index in [1.54, 1.807) is 12.1 Å². The summed E-state index contributed by atoms with van der Waals surface area (Å²) >= 11 is 4.09. The number of carbonyl (C=O) groups excluding carboxylic acids is 1. The summed E-state index contributed by atoms with van der Waals surface area (Å²) in [5.74, 6) is -2.14. The topological polar surface area (TPSA) is 29.1 Å². The summed E-state index contributed by atoms with van der Waals surface area (Å²) in [6.45, 7) is 1.50. The maximum atomic E-state index is 13.7. The molecule has 2 nitrogen and oxygen atoms in total. The molecule has 1 N–H and O–H groups in total. The minimum atomic E-state index is -0.803. The highest BCUT2D eigenvalue weighted by Gasteiger charge is 2.15. The Balaban J connectivity index is 2.29. The Bertz CT molecular complexity index is 626. The van der Waals surface area contributed by atoms with E-state index in [-0.39, 0.29) is 5.56 Å². The van der Waals surface area contributed by atoms with Gasteiger partial charge in [0.15, 0.2) is 5.82 Å². The molecule has 0 bridgehead atoms. The molecule has 0 fully saturated rings. The number of aryl methyl sites for hydroxylation is 1. The average molecular weight is 279 g/mol. The molecule has 98 valence electrons. The molecule has 0 saturated carbocycles. The molecule has 0 atom stereocenters. The third kappa shape index (κ3) is 2.93. The Kier molecular flexibility index (Phi) is 3.85. The number of thiol groups is 1. The second-order valence-electron chi connectivity index (χ2n) is 4.05. The molecule has 0 aliphatic carbocycles. The molecular formula is C14H11F2NOS.